The van der Waals surface area contributed by atoms with Gasteiger partial charge < -0.3 is 5.32 Å². The number of amides is 2. The van der Waals surface area contributed by atoms with Gasteiger partial charge in [0.15, 0.2) is 0 Å². The zero-order chi connectivity index (χ0) is 14.9. The van der Waals surface area contributed by atoms with E-state index < -0.39 is 12.1 Å². The summed E-state index contributed by atoms with van der Waals surface area (Å²) in [6.07, 6.45) is 0.607. The lowest BCUT2D eigenvalue weighted by atomic mass is 9.95. The van der Waals surface area contributed by atoms with E-state index in [1.165, 1.54) is 0 Å². The number of carbonyl (C=O) groups excluding carboxylic acids is 2. The predicted octanol–water partition coefficient (Wildman–Crippen LogP) is 2.56. The number of nitrogens with one attached hydrogen (secondary N) is 1. The quantitative estimate of drug-likeness (QED) is 0.812. The van der Waals surface area contributed by atoms with Crippen LogP contribution in [0.1, 0.15) is 27.2 Å². The first-order chi connectivity index (χ1) is 9.45. The van der Waals surface area contributed by atoms with Crippen LogP contribution in [0, 0.1) is 9.49 Å². The van der Waals surface area contributed by atoms with Crippen molar-refractivity contribution in [1.29, 1.82) is 0 Å². The zero-order valence-electron chi connectivity index (χ0n) is 11.9. The minimum atomic E-state index is -0.441. The van der Waals surface area contributed by atoms with Crippen molar-refractivity contribution in [3.63, 3.8) is 0 Å². The molecule has 2 amide bonds. The monoisotopic (exact) mass is 386 g/mol. The summed E-state index contributed by atoms with van der Waals surface area (Å²) in [5.41, 5.74) is 0.800. The molecule has 1 fully saturated rings. The van der Waals surface area contributed by atoms with E-state index in [9.17, 15) is 9.59 Å². The average Bonchev–Trinajstić information content (AvgIpc) is 2.40. The Morgan fingerprint density at radius 3 is 2.60 bits per heavy atom. The van der Waals surface area contributed by atoms with Crippen LogP contribution < -0.4 is 10.2 Å². The lowest BCUT2D eigenvalue weighted by Gasteiger charge is -2.40. The number of nitrogens with zero attached hydrogens (tertiary/aromatic N) is 1. The molecule has 1 heterocycles. The second-order valence-corrected chi connectivity index (χ2v) is 6.59. The van der Waals surface area contributed by atoms with Crippen molar-refractivity contribution in [3.8, 4) is 0 Å². The van der Waals surface area contributed by atoms with Crippen LogP contribution in [0.4, 0.5) is 5.69 Å². The standard InChI is InChI=1S/C15H19IN2O2/c1-4-12-15(20)18(11-7-5-6-10(16)8-11)13(9(2)3)14(19)17-12/h5-9,12-13H,4H2,1-3H3,(H,17,19). The fraction of sp³-hybridized carbons (Fsp3) is 0.467. The molecule has 0 bridgehead atoms. The third kappa shape index (κ3) is 2.82. The summed E-state index contributed by atoms with van der Waals surface area (Å²) in [6, 6.07) is 6.86. The van der Waals surface area contributed by atoms with E-state index in [0.29, 0.717) is 6.42 Å². The summed E-state index contributed by atoms with van der Waals surface area (Å²) in [6.45, 7) is 5.83. The Labute approximate surface area is 133 Å². The number of piperazine rings is 1. The molecule has 20 heavy (non-hydrogen) atoms. The molecule has 1 N–H and O–H groups in total. The highest BCUT2D eigenvalue weighted by Crippen LogP contribution is 2.27. The van der Waals surface area contributed by atoms with E-state index in [0.717, 1.165) is 9.26 Å². The van der Waals surface area contributed by atoms with E-state index >= 15 is 0 Å². The van der Waals surface area contributed by atoms with E-state index in [2.05, 4.69) is 27.9 Å². The molecule has 2 atom stereocenters. The third-order valence-electron chi connectivity index (χ3n) is 3.52. The van der Waals surface area contributed by atoms with Crippen molar-refractivity contribution in [3.05, 3.63) is 27.8 Å². The molecule has 0 saturated carbocycles. The van der Waals surface area contributed by atoms with E-state index in [1.54, 1.807) is 4.90 Å². The van der Waals surface area contributed by atoms with Crippen LogP contribution in [-0.2, 0) is 9.59 Å². The van der Waals surface area contributed by atoms with Crippen molar-refractivity contribution in [2.45, 2.75) is 39.3 Å². The maximum Gasteiger partial charge on any atom is 0.250 e. The minimum absolute atomic E-state index is 0.0206. The molecule has 2 unspecified atom stereocenters. The molecule has 1 aromatic carbocycles. The summed E-state index contributed by atoms with van der Waals surface area (Å²) in [4.78, 5) is 26.6. The Balaban J connectivity index is 2.47. The van der Waals surface area contributed by atoms with Gasteiger partial charge in [0, 0.05) is 9.26 Å². The third-order valence-corrected chi connectivity index (χ3v) is 4.20. The van der Waals surface area contributed by atoms with Crippen molar-refractivity contribution in [1.82, 2.24) is 5.32 Å². The lowest BCUT2D eigenvalue weighted by molar-refractivity contribution is -0.134. The first-order valence-corrected chi connectivity index (χ1v) is 7.92. The number of halogens is 1. The molecular formula is C15H19IN2O2. The van der Waals surface area contributed by atoms with Crippen LogP contribution in [0.25, 0.3) is 0 Å². The summed E-state index contributed by atoms with van der Waals surface area (Å²) >= 11 is 2.21. The summed E-state index contributed by atoms with van der Waals surface area (Å²) in [5, 5.41) is 2.83. The van der Waals surface area contributed by atoms with Gasteiger partial charge in [-0.1, -0.05) is 26.8 Å². The number of carbonyl (C=O) groups is 2. The van der Waals surface area contributed by atoms with Gasteiger partial charge in [-0.05, 0) is 53.1 Å². The summed E-state index contributed by atoms with van der Waals surface area (Å²) in [7, 11) is 0. The Bertz CT molecular complexity index is 530. The maximum absolute atomic E-state index is 12.6. The summed E-state index contributed by atoms with van der Waals surface area (Å²) < 4.78 is 1.05. The molecule has 0 aliphatic carbocycles. The fourth-order valence-electron chi connectivity index (χ4n) is 2.53. The van der Waals surface area contributed by atoms with Crippen molar-refractivity contribution in [2.24, 2.45) is 5.92 Å². The second-order valence-electron chi connectivity index (χ2n) is 5.35. The number of benzene rings is 1. The summed E-state index contributed by atoms with van der Waals surface area (Å²) in [5.74, 6) is -0.0206. The molecule has 1 saturated heterocycles. The van der Waals surface area contributed by atoms with E-state index in [1.807, 2.05) is 45.0 Å². The SMILES string of the molecule is CCC1NC(=O)C(C(C)C)N(c2cccc(I)c2)C1=O. The van der Waals surface area contributed by atoms with Crippen molar-refractivity contribution >= 4 is 40.1 Å². The van der Waals surface area contributed by atoms with Gasteiger partial charge in [-0.15, -0.1) is 0 Å². The molecule has 1 aliphatic heterocycles. The highest BCUT2D eigenvalue weighted by atomic mass is 127. The first kappa shape index (κ1) is 15.3. The normalized spacial score (nSPS) is 23.1. The zero-order valence-corrected chi connectivity index (χ0v) is 14.0. The van der Waals surface area contributed by atoms with Gasteiger partial charge >= 0.3 is 0 Å². The maximum atomic E-state index is 12.6. The highest BCUT2D eigenvalue weighted by molar-refractivity contribution is 14.1. The molecule has 4 nitrogen and oxygen atoms in total. The number of hydrogen-bond acceptors (Lipinski definition) is 2. The van der Waals surface area contributed by atoms with Crippen molar-refractivity contribution in [2.75, 3.05) is 4.90 Å². The Morgan fingerprint density at radius 2 is 2.05 bits per heavy atom. The molecule has 0 spiro atoms. The van der Waals surface area contributed by atoms with Crippen LogP contribution in [0.15, 0.2) is 24.3 Å². The smallest absolute Gasteiger partial charge is 0.250 e. The van der Waals surface area contributed by atoms with Crippen LogP contribution in [-0.4, -0.2) is 23.9 Å². The van der Waals surface area contributed by atoms with Gasteiger partial charge in [0.1, 0.15) is 12.1 Å². The molecule has 5 heteroatoms. The molecule has 0 aromatic heterocycles. The van der Waals surface area contributed by atoms with Crippen LogP contribution in [0.5, 0.6) is 0 Å². The van der Waals surface area contributed by atoms with E-state index in [4.69, 9.17) is 0 Å². The van der Waals surface area contributed by atoms with Crippen LogP contribution in [0.3, 0.4) is 0 Å². The Hall–Kier alpha value is -1.11. The van der Waals surface area contributed by atoms with Gasteiger partial charge in [-0.2, -0.15) is 0 Å². The first-order valence-electron chi connectivity index (χ1n) is 6.84. The van der Waals surface area contributed by atoms with Crippen molar-refractivity contribution < 1.29 is 9.59 Å². The number of rotatable bonds is 3. The van der Waals surface area contributed by atoms with Gasteiger partial charge in [0.05, 0.1) is 0 Å². The molecule has 0 radical (unpaired) electrons. The van der Waals surface area contributed by atoms with Gasteiger partial charge in [-0.3, -0.25) is 14.5 Å². The molecule has 1 aliphatic rings. The Kier molecular flexibility index (Phi) is 4.67. The van der Waals surface area contributed by atoms with Gasteiger partial charge in [0.2, 0.25) is 11.8 Å². The van der Waals surface area contributed by atoms with Gasteiger partial charge in [-0.25, -0.2) is 0 Å². The average molecular weight is 386 g/mol. The van der Waals surface area contributed by atoms with Gasteiger partial charge in [0.25, 0.3) is 0 Å². The topological polar surface area (TPSA) is 49.4 Å². The lowest BCUT2D eigenvalue weighted by Crippen LogP contribution is -2.65. The molecule has 108 valence electrons. The minimum Gasteiger partial charge on any atom is -0.342 e. The highest BCUT2D eigenvalue weighted by Gasteiger charge is 2.42. The fourth-order valence-corrected chi connectivity index (χ4v) is 3.06. The largest absolute Gasteiger partial charge is 0.342 e. The second kappa shape index (κ2) is 6.11. The van der Waals surface area contributed by atoms with Crippen LogP contribution in [0.2, 0.25) is 0 Å². The molecular weight excluding hydrogens is 367 g/mol. The van der Waals surface area contributed by atoms with Crippen LogP contribution >= 0.6 is 22.6 Å². The molecule has 2 rings (SSSR count). The van der Waals surface area contributed by atoms with E-state index in [-0.39, 0.29) is 17.7 Å². The number of anilines is 1. The predicted molar refractivity (Wildman–Crippen MR) is 87.5 cm³/mol. The Morgan fingerprint density at radius 1 is 1.35 bits per heavy atom. The molecule has 1 aromatic rings. The number of hydrogen-bond donors (Lipinski definition) is 1.